The molecule has 1 aliphatic carbocycles. The lowest BCUT2D eigenvalue weighted by atomic mass is 9.87. The van der Waals surface area contributed by atoms with Gasteiger partial charge in [0.25, 0.3) is 5.92 Å². The van der Waals surface area contributed by atoms with Crippen molar-refractivity contribution in [1.29, 1.82) is 0 Å². The van der Waals surface area contributed by atoms with Crippen molar-refractivity contribution < 1.29 is 18.0 Å². The molecule has 7 heteroatoms. The third kappa shape index (κ3) is 4.24. The Hall–Kier alpha value is -2.54. The van der Waals surface area contributed by atoms with Crippen LogP contribution in [0.1, 0.15) is 42.0 Å². The maximum absolute atomic E-state index is 13.9. The minimum absolute atomic E-state index is 0.326. The monoisotopic (exact) mass is 403 g/mol. The second-order valence-electron chi connectivity index (χ2n) is 8.00. The van der Waals surface area contributed by atoms with Gasteiger partial charge in [-0.1, -0.05) is 36.4 Å². The number of rotatable bonds is 2. The van der Waals surface area contributed by atoms with Gasteiger partial charge in [0.1, 0.15) is 5.82 Å². The first-order valence-corrected chi connectivity index (χ1v) is 9.86. The summed E-state index contributed by atoms with van der Waals surface area (Å²) in [6, 6.07) is 11.7. The summed E-state index contributed by atoms with van der Waals surface area (Å²) in [5.74, 6) is -3.23. The first-order chi connectivity index (χ1) is 13.8. The number of benzene rings is 2. The third-order valence-electron chi connectivity index (χ3n) is 5.75. The van der Waals surface area contributed by atoms with Crippen LogP contribution in [0.5, 0.6) is 0 Å². The molecule has 1 fully saturated rings. The number of fused-ring (bicyclic) bond motifs is 1. The maximum atomic E-state index is 13.9. The summed E-state index contributed by atoms with van der Waals surface area (Å²) in [5.41, 5.74) is 8.63. The number of nitrogens with two attached hydrogens (primary N) is 1. The Balaban J connectivity index is 1.61. The van der Waals surface area contributed by atoms with Crippen LogP contribution in [0.3, 0.4) is 0 Å². The van der Waals surface area contributed by atoms with E-state index in [4.69, 9.17) is 5.73 Å². The van der Waals surface area contributed by atoms with E-state index in [0.717, 1.165) is 16.7 Å². The number of hydrogen-bond donors (Lipinski definition) is 2. The minimum Gasteiger partial charge on any atom is -0.335 e. The molecule has 0 radical (unpaired) electrons. The topological polar surface area (TPSA) is 58.4 Å². The molecule has 0 bridgehead atoms. The van der Waals surface area contributed by atoms with Crippen LogP contribution in [-0.4, -0.2) is 35.5 Å². The Bertz CT molecular complexity index is 887. The number of nitrogens with one attached hydrogen (secondary N) is 1. The molecule has 0 spiro atoms. The van der Waals surface area contributed by atoms with E-state index >= 15 is 0 Å². The maximum Gasteiger partial charge on any atom is 0.318 e. The van der Waals surface area contributed by atoms with E-state index in [1.54, 1.807) is 17.0 Å². The molecule has 3 N–H and O–H groups in total. The molecule has 2 amide bonds. The molecule has 3 atom stereocenters. The first-order valence-electron chi connectivity index (χ1n) is 9.86. The van der Waals surface area contributed by atoms with Crippen molar-refractivity contribution in [3.05, 3.63) is 71.0 Å². The van der Waals surface area contributed by atoms with Crippen LogP contribution >= 0.6 is 0 Å². The van der Waals surface area contributed by atoms with Gasteiger partial charge < -0.3 is 16.0 Å². The second kappa shape index (κ2) is 7.71. The molecule has 2 aliphatic rings. The first kappa shape index (κ1) is 19.8. The van der Waals surface area contributed by atoms with Crippen LogP contribution in [0.2, 0.25) is 0 Å². The number of carbonyl (C=O) groups is 1. The summed E-state index contributed by atoms with van der Waals surface area (Å²) < 4.78 is 41.2. The Morgan fingerprint density at radius 3 is 2.55 bits per heavy atom. The molecule has 154 valence electrons. The summed E-state index contributed by atoms with van der Waals surface area (Å²) in [5, 5.41) is 2.77. The lowest BCUT2D eigenvalue weighted by molar-refractivity contribution is -0.0490. The molecule has 1 heterocycles. The molecule has 1 saturated carbocycles. The molecule has 1 aliphatic heterocycles. The summed E-state index contributed by atoms with van der Waals surface area (Å²) >= 11 is 0. The van der Waals surface area contributed by atoms with E-state index in [1.807, 2.05) is 24.3 Å². The zero-order chi connectivity index (χ0) is 20.6. The Morgan fingerprint density at radius 1 is 1.10 bits per heavy atom. The Morgan fingerprint density at radius 2 is 1.83 bits per heavy atom. The SMILES string of the molecule is N[C@@H]1C[C@H](NC(=O)N2CCc3ccccc3C2c2ccc(F)cc2)CC(F)(F)C1. The quantitative estimate of drug-likeness (QED) is 0.796. The third-order valence-corrected chi connectivity index (χ3v) is 5.75. The van der Waals surface area contributed by atoms with Crippen LogP contribution < -0.4 is 11.1 Å². The molecule has 2 aromatic carbocycles. The van der Waals surface area contributed by atoms with Crippen molar-refractivity contribution in [2.75, 3.05) is 6.54 Å². The molecule has 4 rings (SSSR count). The lowest BCUT2D eigenvalue weighted by Crippen LogP contribution is -2.53. The van der Waals surface area contributed by atoms with Crippen molar-refractivity contribution in [3.63, 3.8) is 0 Å². The highest BCUT2D eigenvalue weighted by molar-refractivity contribution is 5.76. The van der Waals surface area contributed by atoms with E-state index < -0.39 is 36.5 Å². The van der Waals surface area contributed by atoms with E-state index in [9.17, 15) is 18.0 Å². The summed E-state index contributed by atoms with van der Waals surface area (Å²) in [7, 11) is 0. The van der Waals surface area contributed by atoms with E-state index in [0.29, 0.717) is 19.4 Å². The van der Waals surface area contributed by atoms with Crippen molar-refractivity contribution in [2.45, 2.75) is 49.7 Å². The van der Waals surface area contributed by atoms with Gasteiger partial charge in [0, 0.05) is 31.5 Å². The van der Waals surface area contributed by atoms with Crippen molar-refractivity contribution in [1.82, 2.24) is 10.2 Å². The number of hydrogen-bond acceptors (Lipinski definition) is 2. The fourth-order valence-corrected chi connectivity index (χ4v) is 4.52. The molecule has 0 saturated heterocycles. The minimum atomic E-state index is -2.87. The zero-order valence-electron chi connectivity index (χ0n) is 16.0. The van der Waals surface area contributed by atoms with Gasteiger partial charge in [0.15, 0.2) is 0 Å². The number of alkyl halides is 2. The molecular weight excluding hydrogens is 379 g/mol. The van der Waals surface area contributed by atoms with Crippen LogP contribution in [0, 0.1) is 5.82 Å². The normalized spacial score (nSPS) is 25.9. The molecule has 29 heavy (non-hydrogen) atoms. The molecule has 1 unspecified atom stereocenters. The van der Waals surface area contributed by atoms with Crippen LogP contribution in [0.15, 0.2) is 48.5 Å². The summed E-state index contributed by atoms with van der Waals surface area (Å²) in [6.45, 7) is 0.445. The van der Waals surface area contributed by atoms with Gasteiger partial charge in [-0.25, -0.2) is 18.0 Å². The average molecular weight is 403 g/mol. The molecule has 0 aromatic heterocycles. The van der Waals surface area contributed by atoms with Crippen LogP contribution in [-0.2, 0) is 6.42 Å². The average Bonchev–Trinajstić information content (AvgIpc) is 2.66. The molecule has 2 aromatic rings. The van der Waals surface area contributed by atoms with Gasteiger partial charge in [-0.15, -0.1) is 0 Å². The predicted octanol–water partition coefficient (Wildman–Crippen LogP) is 4.00. The molecule has 4 nitrogen and oxygen atoms in total. The largest absolute Gasteiger partial charge is 0.335 e. The highest BCUT2D eigenvalue weighted by Crippen LogP contribution is 2.36. The summed E-state index contributed by atoms with van der Waals surface area (Å²) in [4.78, 5) is 14.7. The van der Waals surface area contributed by atoms with Crippen molar-refractivity contribution in [2.24, 2.45) is 5.73 Å². The fraction of sp³-hybridized carbons (Fsp3) is 0.409. The lowest BCUT2D eigenvalue weighted by Gasteiger charge is -2.40. The van der Waals surface area contributed by atoms with Crippen LogP contribution in [0.25, 0.3) is 0 Å². The van der Waals surface area contributed by atoms with Gasteiger partial charge >= 0.3 is 6.03 Å². The number of amides is 2. The van der Waals surface area contributed by atoms with Crippen LogP contribution in [0.4, 0.5) is 18.0 Å². The number of urea groups is 1. The standard InChI is InChI=1S/C22H24F3N3O/c23-16-7-5-15(6-8-16)20-19-4-2-1-3-14(19)9-10-28(20)21(29)27-18-11-17(26)12-22(24,25)13-18/h1-8,17-18,20H,9-13,26H2,(H,27,29)/t17-,18+,20?/m1/s1. The number of halogens is 3. The van der Waals surface area contributed by atoms with Gasteiger partial charge in [-0.3, -0.25) is 0 Å². The van der Waals surface area contributed by atoms with E-state index in [-0.39, 0.29) is 12.2 Å². The summed E-state index contributed by atoms with van der Waals surface area (Å²) in [6.07, 6.45) is 0.237. The zero-order valence-corrected chi connectivity index (χ0v) is 16.0. The van der Waals surface area contributed by atoms with Gasteiger partial charge in [-0.05, 0) is 41.7 Å². The highest BCUT2D eigenvalue weighted by Gasteiger charge is 2.41. The molecular formula is C22H24F3N3O. The van der Waals surface area contributed by atoms with Gasteiger partial charge in [0.05, 0.1) is 6.04 Å². The smallest absolute Gasteiger partial charge is 0.318 e. The second-order valence-corrected chi connectivity index (χ2v) is 8.00. The predicted molar refractivity (Wildman–Crippen MR) is 104 cm³/mol. The van der Waals surface area contributed by atoms with Crippen molar-refractivity contribution >= 4 is 6.03 Å². The Kier molecular flexibility index (Phi) is 5.25. The van der Waals surface area contributed by atoms with Gasteiger partial charge in [-0.2, -0.15) is 0 Å². The number of carbonyl (C=O) groups excluding carboxylic acids is 1. The van der Waals surface area contributed by atoms with Crippen molar-refractivity contribution in [3.8, 4) is 0 Å². The highest BCUT2D eigenvalue weighted by atomic mass is 19.3. The number of nitrogens with zero attached hydrogens (tertiary/aromatic N) is 1. The fourth-order valence-electron chi connectivity index (χ4n) is 4.52. The van der Waals surface area contributed by atoms with Gasteiger partial charge in [0.2, 0.25) is 0 Å². The van der Waals surface area contributed by atoms with E-state index in [2.05, 4.69) is 5.32 Å². The van der Waals surface area contributed by atoms with E-state index in [1.165, 1.54) is 12.1 Å². The Labute approximate surface area is 167 Å².